The number of nitrogens with one attached hydrogen (secondary N) is 1. The molecule has 0 fully saturated rings. The van der Waals surface area contributed by atoms with E-state index in [2.05, 4.69) is 5.32 Å². The van der Waals surface area contributed by atoms with Crippen molar-refractivity contribution in [2.45, 2.75) is 51.8 Å². The molecule has 0 aliphatic carbocycles. The quantitative estimate of drug-likeness (QED) is 0.386. The number of carbonyl (C=O) groups excluding carboxylic acids is 3. The van der Waals surface area contributed by atoms with Gasteiger partial charge in [-0.3, -0.25) is 9.69 Å². The van der Waals surface area contributed by atoms with Gasteiger partial charge in [-0.1, -0.05) is 48.6 Å². The van der Waals surface area contributed by atoms with E-state index in [9.17, 15) is 19.2 Å². The van der Waals surface area contributed by atoms with Gasteiger partial charge in [0.15, 0.2) is 0 Å². The largest absolute Gasteiger partial charge is 0.478 e. The first-order valence-electron chi connectivity index (χ1n) is 11.7. The van der Waals surface area contributed by atoms with Crippen LogP contribution in [-0.2, 0) is 25.5 Å². The highest BCUT2D eigenvalue weighted by molar-refractivity contribution is 5.89. The lowest BCUT2D eigenvalue weighted by molar-refractivity contribution is -0.145. The monoisotopic (exact) mass is 510 g/mol. The molecule has 0 aliphatic rings. The van der Waals surface area contributed by atoms with Crippen molar-refractivity contribution >= 4 is 36.1 Å². The Morgan fingerprint density at radius 1 is 0.973 bits per heavy atom. The van der Waals surface area contributed by atoms with Gasteiger partial charge in [0.05, 0.1) is 12.7 Å². The van der Waals surface area contributed by atoms with Crippen LogP contribution in [-0.4, -0.2) is 65.8 Å². The van der Waals surface area contributed by atoms with E-state index >= 15 is 0 Å². The second-order valence-corrected chi connectivity index (χ2v) is 9.56. The summed E-state index contributed by atoms with van der Waals surface area (Å²) in [5.41, 5.74) is 2.07. The Balaban J connectivity index is 2.04. The van der Waals surface area contributed by atoms with Crippen molar-refractivity contribution in [2.24, 2.45) is 0 Å². The standard InChI is InChI=1S/C28H34N2O7/c1-18(30(5)27(35)37-28(2,3)4)24(31)29-23(26(34)36-6)17-21-11-9-19(10-12-21)7-8-20-13-15-22(16-14-20)25(32)33/h7-16,18,23H,17H2,1-6H3,(H,29,31)(H,32,33)/b8-7+/t18-,23?/m0/s1. The molecule has 37 heavy (non-hydrogen) atoms. The molecule has 0 aromatic heterocycles. The van der Waals surface area contributed by atoms with Crippen LogP contribution in [0, 0.1) is 0 Å². The number of amides is 2. The minimum atomic E-state index is -0.975. The summed E-state index contributed by atoms with van der Waals surface area (Å²) in [5.74, 6) is -2.09. The predicted molar refractivity (Wildman–Crippen MR) is 140 cm³/mol. The molecule has 1 unspecified atom stereocenters. The third-order valence-corrected chi connectivity index (χ3v) is 5.49. The van der Waals surface area contributed by atoms with Gasteiger partial charge in [-0.05, 0) is 56.5 Å². The number of methoxy groups -OCH3 is 1. The van der Waals surface area contributed by atoms with Crippen LogP contribution in [0.25, 0.3) is 12.2 Å². The van der Waals surface area contributed by atoms with Gasteiger partial charge in [-0.25, -0.2) is 14.4 Å². The Kier molecular flexibility index (Phi) is 9.99. The zero-order chi connectivity index (χ0) is 27.8. The molecule has 0 radical (unpaired) electrons. The fourth-order valence-corrected chi connectivity index (χ4v) is 3.23. The summed E-state index contributed by atoms with van der Waals surface area (Å²) in [7, 11) is 2.70. The molecule has 9 heteroatoms. The lowest BCUT2D eigenvalue weighted by atomic mass is 10.0. The van der Waals surface area contributed by atoms with Crippen molar-refractivity contribution in [3.05, 3.63) is 70.8 Å². The molecule has 2 aromatic rings. The molecule has 198 valence electrons. The van der Waals surface area contributed by atoms with E-state index in [1.54, 1.807) is 52.0 Å². The van der Waals surface area contributed by atoms with E-state index < -0.39 is 41.6 Å². The maximum absolute atomic E-state index is 12.8. The van der Waals surface area contributed by atoms with Gasteiger partial charge >= 0.3 is 18.0 Å². The molecule has 9 nitrogen and oxygen atoms in total. The van der Waals surface area contributed by atoms with Crippen molar-refractivity contribution in [3.8, 4) is 0 Å². The zero-order valence-electron chi connectivity index (χ0n) is 22.0. The van der Waals surface area contributed by atoms with Crippen LogP contribution < -0.4 is 5.32 Å². The summed E-state index contributed by atoms with van der Waals surface area (Å²) in [6.45, 7) is 6.74. The fraction of sp³-hybridized carbons (Fsp3) is 0.357. The Morgan fingerprint density at radius 2 is 1.49 bits per heavy atom. The van der Waals surface area contributed by atoms with E-state index in [-0.39, 0.29) is 12.0 Å². The number of hydrogen-bond donors (Lipinski definition) is 2. The lowest BCUT2D eigenvalue weighted by Crippen LogP contribution is -2.52. The molecule has 2 aromatic carbocycles. The molecular weight excluding hydrogens is 476 g/mol. The van der Waals surface area contributed by atoms with E-state index in [4.69, 9.17) is 14.6 Å². The second-order valence-electron chi connectivity index (χ2n) is 9.56. The van der Waals surface area contributed by atoms with Crippen LogP contribution in [0.5, 0.6) is 0 Å². The molecule has 2 amide bonds. The van der Waals surface area contributed by atoms with Crippen LogP contribution in [0.1, 0.15) is 54.7 Å². The number of carbonyl (C=O) groups is 4. The van der Waals surface area contributed by atoms with Crippen LogP contribution >= 0.6 is 0 Å². The molecule has 0 heterocycles. The van der Waals surface area contributed by atoms with Gasteiger partial charge in [-0.2, -0.15) is 0 Å². The fourth-order valence-electron chi connectivity index (χ4n) is 3.23. The Labute approximate surface area is 217 Å². The van der Waals surface area contributed by atoms with Gasteiger partial charge in [0.2, 0.25) is 5.91 Å². The highest BCUT2D eigenvalue weighted by atomic mass is 16.6. The van der Waals surface area contributed by atoms with Crippen LogP contribution in [0.4, 0.5) is 4.79 Å². The first-order chi connectivity index (χ1) is 17.3. The van der Waals surface area contributed by atoms with Crippen LogP contribution in [0.3, 0.4) is 0 Å². The number of ether oxygens (including phenoxy) is 2. The highest BCUT2D eigenvalue weighted by Crippen LogP contribution is 2.14. The van der Waals surface area contributed by atoms with Crippen molar-refractivity contribution in [1.82, 2.24) is 10.2 Å². The first kappa shape index (κ1) is 29.1. The topological polar surface area (TPSA) is 122 Å². The summed E-state index contributed by atoms with van der Waals surface area (Å²) in [5, 5.41) is 11.7. The molecule has 0 saturated heterocycles. The highest BCUT2D eigenvalue weighted by Gasteiger charge is 2.30. The molecule has 2 N–H and O–H groups in total. The van der Waals surface area contributed by atoms with Crippen molar-refractivity contribution in [3.63, 3.8) is 0 Å². The number of hydrogen-bond acceptors (Lipinski definition) is 6. The van der Waals surface area contributed by atoms with E-state index in [0.29, 0.717) is 0 Å². The first-order valence-corrected chi connectivity index (χ1v) is 11.7. The number of carboxylic acid groups (broad SMARTS) is 1. The Hall–Kier alpha value is -4.14. The van der Waals surface area contributed by atoms with E-state index in [1.807, 2.05) is 36.4 Å². The zero-order valence-corrected chi connectivity index (χ0v) is 22.0. The Morgan fingerprint density at radius 3 is 1.95 bits per heavy atom. The lowest BCUT2D eigenvalue weighted by Gasteiger charge is -2.29. The number of benzene rings is 2. The summed E-state index contributed by atoms with van der Waals surface area (Å²) < 4.78 is 10.2. The minimum Gasteiger partial charge on any atom is -0.478 e. The predicted octanol–water partition coefficient (Wildman–Crippen LogP) is 4.01. The van der Waals surface area contributed by atoms with Crippen molar-refractivity contribution in [2.75, 3.05) is 14.2 Å². The molecule has 0 spiro atoms. The maximum Gasteiger partial charge on any atom is 0.410 e. The number of likely N-dealkylation sites (N-methyl/N-ethyl adjacent to an activating group) is 1. The minimum absolute atomic E-state index is 0.196. The molecule has 0 bridgehead atoms. The maximum atomic E-state index is 12.8. The normalized spacial score (nSPS) is 12.9. The summed E-state index contributed by atoms with van der Waals surface area (Å²) >= 11 is 0. The number of carboxylic acids is 1. The van der Waals surface area contributed by atoms with Crippen LogP contribution in [0.15, 0.2) is 48.5 Å². The Bertz CT molecular complexity index is 1130. The van der Waals surface area contributed by atoms with Crippen molar-refractivity contribution < 1.29 is 33.8 Å². The van der Waals surface area contributed by atoms with E-state index in [0.717, 1.165) is 16.7 Å². The van der Waals surface area contributed by atoms with E-state index in [1.165, 1.54) is 19.1 Å². The third-order valence-electron chi connectivity index (χ3n) is 5.49. The molecular formula is C28H34N2O7. The van der Waals surface area contributed by atoms with Gasteiger partial charge in [-0.15, -0.1) is 0 Å². The van der Waals surface area contributed by atoms with Crippen molar-refractivity contribution in [1.29, 1.82) is 0 Å². The molecule has 2 rings (SSSR count). The van der Waals surface area contributed by atoms with Gasteiger partial charge in [0.25, 0.3) is 0 Å². The van der Waals surface area contributed by atoms with Gasteiger partial charge in [0.1, 0.15) is 17.7 Å². The molecule has 0 aliphatic heterocycles. The second kappa shape index (κ2) is 12.7. The smallest absolute Gasteiger partial charge is 0.410 e. The molecule has 0 saturated carbocycles. The van der Waals surface area contributed by atoms with Crippen LogP contribution in [0.2, 0.25) is 0 Å². The molecule has 2 atom stereocenters. The summed E-state index contributed by atoms with van der Waals surface area (Å²) in [4.78, 5) is 49.6. The summed E-state index contributed by atoms with van der Waals surface area (Å²) in [6.07, 6.45) is 3.29. The SMILES string of the molecule is COC(=O)C(Cc1ccc(/C=C/c2ccc(C(=O)O)cc2)cc1)NC(=O)[C@H](C)N(C)C(=O)OC(C)(C)C. The number of aromatic carboxylic acids is 1. The number of esters is 1. The summed E-state index contributed by atoms with van der Waals surface area (Å²) in [6, 6.07) is 12.1. The third kappa shape index (κ3) is 9.10. The number of rotatable bonds is 9. The average molecular weight is 511 g/mol. The van der Waals surface area contributed by atoms with Gasteiger partial charge < -0.3 is 19.9 Å². The number of nitrogens with zero attached hydrogens (tertiary/aromatic N) is 1. The average Bonchev–Trinajstić information content (AvgIpc) is 2.85. The van der Waals surface area contributed by atoms with Gasteiger partial charge in [0, 0.05) is 13.5 Å².